The molecule has 1 aromatic heterocycles. The van der Waals surface area contributed by atoms with Crippen molar-refractivity contribution in [2.45, 2.75) is 54.5 Å². The van der Waals surface area contributed by atoms with E-state index < -0.39 is 21.0 Å². The van der Waals surface area contributed by atoms with Gasteiger partial charge < -0.3 is 0 Å². The zero-order valence-corrected chi connectivity index (χ0v) is 26.3. The molecular weight excluding hydrogens is 595 g/mol. The maximum atomic E-state index is 13.8. The van der Waals surface area contributed by atoms with E-state index in [4.69, 9.17) is 0 Å². The zero-order chi connectivity index (χ0) is 31.3. The van der Waals surface area contributed by atoms with Crippen molar-refractivity contribution in [3.05, 3.63) is 142 Å². The van der Waals surface area contributed by atoms with Crippen molar-refractivity contribution in [2.24, 2.45) is 0 Å². The second-order valence-electron chi connectivity index (χ2n) is 11.4. The number of nitro benzene ring substituents is 1. The monoisotopic (exact) mass is 627 g/mol. The smallest absolute Gasteiger partial charge is 0.269 e. The highest BCUT2D eigenvalue weighted by atomic mass is 32.2. The van der Waals surface area contributed by atoms with Crippen LogP contribution in [0.2, 0.25) is 0 Å². The lowest BCUT2D eigenvalue weighted by Gasteiger charge is -2.21. The van der Waals surface area contributed by atoms with Crippen LogP contribution >= 0.6 is 11.8 Å². The first-order valence-corrected chi connectivity index (χ1v) is 16.5. The van der Waals surface area contributed by atoms with E-state index in [-0.39, 0.29) is 16.0 Å². The average Bonchev–Trinajstić information content (AvgIpc) is 3.44. The molecule has 1 heterocycles. The highest BCUT2D eigenvalue weighted by molar-refractivity contribution is 7.98. The van der Waals surface area contributed by atoms with Gasteiger partial charge in [0.15, 0.2) is 11.0 Å². The lowest BCUT2D eigenvalue weighted by Crippen LogP contribution is -2.32. The normalized spacial score (nSPS) is 12.6. The Kier molecular flexibility index (Phi) is 9.28. The first-order valence-electron chi connectivity index (χ1n) is 14.0. The summed E-state index contributed by atoms with van der Waals surface area (Å²) < 4.78 is 32.3. The van der Waals surface area contributed by atoms with Crippen LogP contribution in [0, 0.1) is 10.1 Å². The van der Waals surface area contributed by atoms with Crippen LogP contribution in [0.4, 0.5) is 5.69 Å². The van der Waals surface area contributed by atoms with Gasteiger partial charge in [0.25, 0.3) is 5.69 Å². The van der Waals surface area contributed by atoms with E-state index >= 15 is 0 Å². The third kappa shape index (κ3) is 7.42. The molecule has 0 aliphatic heterocycles. The molecule has 0 bridgehead atoms. The van der Waals surface area contributed by atoms with E-state index in [1.807, 2.05) is 72.8 Å². The van der Waals surface area contributed by atoms with Crippen molar-refractivity contribution in [3.8, 4) is 5.69 Å². The van der Waals surface area contributed by atoms with Crippen LogP contribution in [0.1, 0.15) is 49.3 Å². The molecule has 0 amide bonds. The number of hydrogen-bond donors (Lipinski definition) is 1. The van der Waals surface area contributed by atoms with Gasteiger partial charge in [0.2, 0.25) is 10.0 Å². The lowest BCUT2D eigenvalue weighted by atomic mass is 9.87. The average molecular weight is 628 g/mol. The second-order valence-corrected chi connectivity index (χ2v) is 14.0. The number of sulfonamides is 1. The van der Waals surface area contributed by atoms with Gasteiger partial charge in [0.05, 0.1) is 15.9 Å². The molecule has 0 radical (unpaired) electrons. The Labute approximate surface area is 261 Å². The molecule has 0 fully saturated rings. The summed E-state index contributed by atoms with van der Waals surface area (Å²) in [5.74, 6) is 0.967. The minimum absolute atomic E-state index is 0.0536. The molecule has 11 heteroatoms. The van der Waals surface area contributed by atoms with Crippen LogP contribution in [0.3, 0.4) is 0 Å². The van der Waals surface area contributed by atoms with Gasteiger partial charge in [0.1, 0.15) is 0 Å². The quantitative estimate of drug-likeness (QED) is 0.0949. The van der Waals surface area contributed by atoms with Gasteiger partial charge in [-0.2, -0.15) is 0 Å². The maximum absolute atomic E-state index is 13.8. The standard InChI is InChI=1S/C33H33N5O4S2/c1-33(2,3)26-14-20-29(21-15-26)44(41,42)36-30(22-24-10-6-4-7-11-24)31-34-35-32(43-23-25-12-8-5-9-13-25)37(31)27-16-18-28(19-17-27)38(39)40/h4-21,30,36H,22-23H2,1-3H3/t30-/m1/s1. The first-order chi connectivity index (χ1) is 21.0. The number of aromatic nitrogens is 3. The SMILES string of the molecule is CC(C)(C)c1ccc(S(=O)(=O)N[C@H](Cc2ccccc2)c2nnc(SCc3ccccc3)n2-c2ccc([N+](=O)[O-])cc2)cc1. The molecule has 5 aromatic rings. The third-order valence-corrected chi connectivity index (χ3v) is 9.60. The van der Waals surface area contributed by atoms with E-state index in [1.165, 1.54) is 23.9 Å². The number of nitrogens with zero attached hydrogens (tertiary/aromatic N) is 4. The fourth-order valence-electron chi connectivity index (χ4n) is 4.71. The maximum Gasteiger partial charge on any atom is 0.269 e. The highest BCUT2D eigenvalue weighted by Gasteiger charge is 2.29. The van der Waals surface area contributed by atoms with Crippen molar-refractivity contribution in [1.82, 2.24) is 19.5 Å². The number of nitrogens with one attached hydrogen (secondary N) is 1. The number of rotatable bonds is 11. The molecule has 9 nitrogen and oxygen atoms in total. The highest BCUT2D eigenvalue weighted by Crippen LogP contribution is 2.31. The van der Waals surface area contributed by atoms with Crippen molar-refractivity contribution >= 4 is 27.5 Å². The van der Waals surface area contributed by atoms with Gasteiger partial charge in [-0.25, -0.2) is 13.1 Å². The van der Waals surface area contributed by atoms with E-state index in [0.717, 1.165) is 16.7 Å². The van der Waals surface area contributed by atoms with Crippen molar-refractivity contribution < 1.29 is 13.3 Å². The van der Waals surface area contributed by atoms with Crippen LogP contribution < -0.4 is 4.72 Å². The Morgan fingerprint density at radius 2 is 1.43 bits per heavy atom. The molecule has 5 rings (SSSR count). The van der Waals surface area contributed by atoms with Crippen molar-refractivity contribution in [1.29, 1.82) is 0 Å². The molecule has 0 saturated carbocycles. The summed E-state index contributed by atoms with van der Waals surface area (Å²) in [6.45, 7) is 6.22. The number of hydrogen-bond acceptors (Lipinski definition) is 7. The molecule has 0 unspecified atom stereocenters. The number of benzene rings is 4. The minimum Gasteiger partial charge on any atom is -0.273 e. The Bertz CT molecular complexity index is 1820. The number of nitro groups is 1. The molecule has 0 saturated heterocycles. The van der Waals surface area contributed by atoms with E-state index in [9.17, 15) is 18.5 Å². The largest absolute Gasteiger partial charge is 0.273 e. The van der Waals surface area contributed by atoms with Gasteiger partial charge >= 0.3 is 0 Å². The Balaban J connectivity index is 1.57. The molecule has 226 valence electrons. The lowest BCUT2D eigenvalue weighted by molar-refractivity contribution is -0.384. The van der Waals surface area contributed by atoms with Crippen LogP contribution in [0.15, 0.2) is 119 Å². The summed E-state index contributed by atoms with van der Waals surface area (Å²) >= 11 is 1.45. The number of thioether (sulfide) groups is 1. The molecule has 0 aliphatic rings. The Morgan fingerprint density at radius 1 is 0.841 bits per heavy atom. The predicted octanol–water partition coefficient (Wildman–Crippen LogP) is 7.03. The third-order valence-electron chi connectivity index (χ3n) is 7.11. The summed E-state index contributed by atoms with van der Waals surface area (Å²) in [4.78, 5) is 11.0. The summed E-state index contributed by atoms with van der Waals surface area (Å²) in [5, 5.41) is 20.9. The summed E-state index contributed by atoms with van der Waals surface area (Å²) in [7, 11) is -3.98. The molecule has 4 aromatic carbocycles. The summed E-state index contributed by atoms with van der Waals surface area (Å²) in [5.41, 5.74) is 3.41. The van der Waals surface area contributed by atoms with E-state index in [0.29, 0.717) is 28.8 Å². The minimum atomic E-state index is -3.98. The van der Waals surface area contributed by atoms with Crippen molar-refractivity contribution in [2.75, 3.05) is 0 Å². The van der Waals surface area contributed by atoms with Crippen LogP contribution in [-0.2, 0) is 27.6 Å². The van der Waals surface area contributed by atoms with E-state index in [1.54, 1.807) is 28.8 Å². The topological polar surface area (TPSA) is 120 Å². The van der Waals surface area contributed by atoms with Gasteiger partial charge in [-0.15, -0.1) is 10.2 Å². The fourth-order valence-corrected chi connectivity index (χ4v) is 6.82. The molecule has 0 aliphatic carbocycles. The number of non-ortho nitro benzene ring substituents is 1. The van der Waals surface area contributed by atoms with Crippen molar-refractivity contribution in [3.63, 3.8) is 0 Å². The second kappa shape index (κ2) is 13.1. The molecule has 0 spiro atoms. The predicted molar refractivity (Wildman–Crippen MR) is 172 cm³/mol. The van der Waals surface area contributed by atoms with Gasteiger partial charge in [0, 0.05) is 23.6 Å². The Hall–Kier alpha value is -4.32. The van der Waals surface area contributed by atoms with Crippen LogP contribution in [-0.4, -0.2) is 28.1 Å². The van der Waals surface area contributed by atoms with E-state index in [2.05, 4.69) is 35.7 Å². The summed E-state index contributed by atoms with van der Waals surface area (Å²) in [6.07, 6.45) is 0.300. The zero-order valence-electron chi connectivity index (χ0n) is 24.6. The fraction of sp³-hybridized carbons (Fsp3) is 0.212. The Morgan fingerprint density at radius 3 is 2.00 bits per heavy atom. The van der Waals surface area contributed by atoms with Gasteiger partial charge in [-0.05, 0) is 52.8 Å². The summed E-state index contributed by atoms with van der Waals surface area (Å²) in [6, 6.07) is 31.6. The molecule has 1 N–H and O–H groups in total. The first kappa shape index (κ1) is 31.1. The molecule has 1 atom stereocenters. The molecule has 44 heavy (non-hydrogen) atoms. The van der Waals surface area contributed by atoms with Gasteiger partial charge in [-0.1, -0.05) is 105 Å². The van der Waals surface area contributed by atoms with Crippen LogP contribution in [0.5, 0.6) is 0 Å². The van der Waals surface area contributed by atoms with Gasteiger partial charge in [-0.3, -0.25) is 14.7 Å². The molecular formula is C33H33N5O4S2. The van der Waals surface area contributed by atoms with Crippen LogP contribution in [0.25, 0.3) is 5.69 Å².